The summed E-state index contributed by atoms with van der Waals surface area (Å²) < 4.78 is 25.0. The molecule has 0 spiro atoms. The van der Waals surface area contributed by atoms with E-state index in [1.54, 1.807) is 35.2 Å². The van der Waals surface area contributed by atoms with Gasteiger partial charge in [-0.3, -0.25) is 4.79 Å². The Balaban J connectivity index is 2.22. The van der Waals surface area contributed by atoms with Crippen LogP contribution >= 0.6 is 32.3 Å². The van der Waals surface area contributed by atoms with Crippen molar-refractivity contribution in [3.05, 3.63) is 44.2 Å². The van der Waals surface area contributed by atoms with Gasteiger partial charge in [-0.1, -0.05) is 40.1 Å². The zero-order valence-electron chi connectivity index (χ0n) is 12.2. The largest absolute Gasteiger partial charge is 0.362 e. The Hall–Kier alpha value is -0.890. The molecule has 0 bridgehead atoms. The van der Waals surface area contributed by atoms with Gasteiger partial charge in [0.05, 0.1) is 10.6 Å². The molecule has 0 atom stereocenters. The number of benzene rings is 1. The van der Waals surface area contributed by atoms with Crippen molar-refractivity contribution in [2.45, 2.75) is 24.8 Å². The molecule has 2 rings (SSSR count). The van der Waals surface area contributed by atoms with Crippen molar-refractivity contribution in [1.82, 2.24) is 0 Å². The van der Waals surface area contributed by atoms with E-state index in [4.69, 9.17) is 11.6 Å². The van der Waals surface area contributed by atoms with Crippen LogP contribution in [-0.2, 0) is 9.84 Å². The molecule has 0 aliphatic heterocycles. The van der Waals surface area contributed by atoms with Gasteiger partial charge in [0.15, 0.2) is 9.84 Å². The molecule has 1 heterocycles. The first-order valence-corrected chi connectivity index (χ1v) is 10.8. The monoisotopic (exact) mass is 377 g/mol. The summed E-state index contributed by atoms with van der Waals surface area (Å²) in [6.07, 6.45) is 0. The zero-order valence-corrected chi connectivity index (χ0v) is 15.4. The van der Waals surface area contributed by atoms with E-state index in [0.717, 1.165) is 10.3 Å². The van der Waals surface area contributed by atoms with Crippen molar-refractivity contribution < 1.29 is 8.42 Å². The van der Waals surface area contributed by atoms with Crippen molar-refractivity contribution in [2.75, 3.05) is 17.2 Å². The SMILES string of the molecule is CC(C)N(CCS(=O)(=O)c1ccccc1)c1c(Cl)ssc1=O. The van der Waals surface area contributed by atoms with Crippen molar-refractivity contribution in [3.8, 4) is 0 Å². The third kappa shape index (κ3) is 3.90. The highest BCUT2D eigenvalue weighted by Gasteiger charge is 2.23. The van der Waals surface area contributed by atoms with Crippen molar-refractivity contribution in [3.63, 3.8) is 0 Å². The molecule has 4 nitrogen and oxygen atoms in total. The predicted octanol–water partition coefficient (Wildman–Crippen LogP) is 3.51. The summed E-state index contributed by atoms with van der Waals surface area (Å²) >= 11 is 6.09. The molecular formula is C14H16ClNO3S3. The van der Waals surface area contributed by atoms with E-state index in [1.807, 2.05) is 13.8 Å². The predicted molar refractivity (Wildman–Crippen MR) is 94.5 cm³/mol. The van der Waals surface area contributed by atoms with E-state index in [1.165, 1.54) is 10.3 Å². The summed E-state index contributed by atoms with van der Waals surface area (Å²) in [7, 11) is -1.11. The lowest BCUT2D eigenvalue weighted by molar-refractivity contribution is 0.592. The fourth-order valence-corrected chi connectivity index (χ4v) is 5.56. The highest BCUT2D eigenvalue weighted by molar-refractivity contribution is 7.91. The van der Waals surface area contributed by atoms with Crippen LogP contribution in [0.2, 0.25) is 4.34 Å². The van der Waals surface area contributed by atoms with Gasteiger partial charge in [0.2, 0.25) is 0 Å². The number of halogens is 1. The van der Waals surface area contributed by atoms with E-state index >= 15 is 0 Å². The Kier molecular flexibility index (Phi) is 5.65. The fourth-order valence-electron chi connectivity index (χ4n) is 2.06. The van der Waals surface area contributed by atoms with E-state index in [9.17, 15) is 13.2 Å². The molecule has 0 amide bonds. The van der Waals surface area contributed by atoms with Crippen molar-refractivity contribution >= 4 is 47.8 Å². The molecule has 0 saturated heterocycles. The average Bonchev–Trinajstić information content (AvgIpc) is 2.80. The van der Waals surface area contributed by atoms with Gasteiger partial charge in [-0.15, -0.1) is 0 Å². The van der Waals surface area contributed by atoms with Crippen LogP contribution in [0.1, 0.15) is 13.8 Å². The first kappa shape index (κ1) is 17.5. The molecular weight excluding hydrogens is 362 g/mol. The van der Waals surface area contributed by atoms with E-state index in [0.29, 0.717) is 14.9 Å². The van der Waals surface area contributed by atoms with Crippen LogP contribution in [0.4, 0.5) is 5.69 Å². The number of hydrogen-bond acceptors (Lipinski definition) is 6. The van der Waals surface area contributed by atoms with Gasteiger partial charge in [0.25, 0.3) is 4.74 Å². The molecule has 0 radical (unpaired) electrons. The minimum absolute atomic E-state index is 0.0158. The Morgan fingerprint density at radius 2 is 1.82 bits per heavy atom. The molecule has 1 aromatic heterocycles. The molecule has 0 aliphatic carbocycles. The normalized spacial score (nSPS) is 11.8. The second-order valence-corrected chi connectivity index (χ2v) is 9.82. The molecule has 8 heteroatoms. The maximum Gasteiger partial charge on any atom is 0.267 e. The van der Waals surface area contributed by atoms with Gasteiger partial charge in [0, 0.05) is 12.6 Å². The maximum absolute atomic E-state index is 12.4. The van der Waals surface area contributed by atoms with E-state index in [-0.39, 0.29) is 23.1 Å². The molecule has 120 valence electrons. The van der Waals surface area contributed by atoms with Crippen LogP contribution in [0.15, 0.2) is 40.0 Å². The van der Waals surface area contributed by atoms with Crippen LogP contribution in [-0.4, -0.2) is 26.8 Å². The maximum atomic E-state index is 12.4. The first-order valence-electron chi connectivity index (χ1n) is 6.66. The van der Waals surface area contributed by atoms with Gasteiger partial charge < -0.3 is 4.90 Å². The quantitative estimate of drug-likeness (QED) is 0.723. The molecule has 22 heavy (non-hydrogen) atoms. The van der Waals surface area contributed by atoms with Crippen LogP contribution < -0.4 is 9.64 Å². The van der Waals surface area contributed by atoms with Crippen LogP contribution in [0.5, 0.6) is 0 Å². The van der Waals surface area contributed by atoms with Crippen LogP contribution in [0, 0.1) is 0 Å². The van der Waals surface area contributed by atoms with Crippen molar-refractivity contribution in [1.29, 1.82) is 0 Å². The summed E-state index contributed by atoms with van der Waals surface area (Å²) in [6, 6.07) is 8.30. The molecule has 1 aromatic carbocycles. The highest BCUT2D eigenvalue weighted by atomic mass is 35.5. The van der Waals surface area contributed by atoms with Gasteiger partial charge in [-0.05, 0) is 36.3 Å². The molecule has 0 N–H and O–H groups in total. The fraction of sp³-hybridized carbons (Fsp3) is 0.357. The van der Waals surface area contributed by atoms with Gasteiger partial charge in [0.1, 0.15) is 10.0 Å². The Morgan fingerprint density at radius 3 is 2.32 bits per heavy atom. The first-order chi connectivity index (χ1) is 10.3. The minimum Gasteiger partial charge on any atom is -0.362 e. The summed E-state index contributed by atoms with van der Waals surface area (Å²) in [5, 5.41) is 0. The molecule has 0 aliphatic rings. The lowest BCUT2D eigenvalue weighted by Crippen LogP contribution is -2.37. The van der Waals surface area contributed by atoms with Gasteiger partial charge in [-0.2, -0.15) is 0 Å². The Labute approximate surface area is 142 Å². The lowest BCUT2D eigenvalue weighted by atomic mass is 10.3. The number of sulfone groups is 1. The van der Waals surface area contributed by atoms with Crippen molar-refractivity contribution in [2.24, 2.45) is 0 Å². The molecule has 0 saturated carbocycles. The smallest absolute Gasteiger partial charge is 0.267 e. The van der Waals surface area contributed by atoms with Crippen LogP contribution in [0.3, 0.4) is 0 Å². The van der Waals surface area contributed by atoms with E-state index < -0.39 is 9.84 Å². The second kappa shape index (κ2) is 7.12. The molecule has 2 aromatic rings. The number of rotatable bonds is 6. The van der Waals surface area contributed by atoms with Crippen LogP contribution in [0.25, 0.3) is 0 Å². The highest BCUT2D eigenvalue weighted by Crippen LogP contribution is 2.31. The molecule has 0 fully saturated rings. The summed E-state index contributed by atoms with van der Waals surface area (Å²) in [5.41, 5.74) is 0.412. The minimum atomic E-state index is -3.39. The number of hydrogen-bond donors (Lipinski definition) is 0. The topological polar surface area (TPSA) is 54.5 Å². The van der Waals surface area contributed by atoms with E-state index in [2.05, 4.69) is 0 Å². The molecule has 0 unspecified atom stereocenters. The average molecular weight is 378 g/mol. The Morgan fingerprint density at radius 1 is 1.18 bits per heavy atom. The van der Waals surface area contributed by atoms with Gasteiger partial charge >= 0.3 is 0 Å². The lowest BCUT2D eigenvalue weighted by Gasteiger charge is -2.27. The number of nitrogens with zero attached hydrogens (tertiary/aromatic N) is 1. The Bertz CT molecular complexity index is 781. The van der Waals surface area contributed by atoms with Gasteiger partial charge in [-0.25, -0.2) is 8.42 Å². The third-order valence-electron chi connectivity index (χ3n) is 3.18. The third-order valence-corrected chi connectivity index (χ3v) is 7.55. The summed E-state index contributed by atoms with van der Waals surface area (Å²) in [6.45, 7) is 4.05. The second-order valence-electron chi connectivity index (χ2n) is 5.00. The zero-order chi connectivity index (χ0) is 16.3. The summed E-state index contributed by atoms with van der Waals surface area (Å²) in [4.78, 5) is 14.0. The number of anilines is 1. The standard InChI is InChI=1S/C14H16ClNO3S3/c1-10(2)16(12-13(15)20-21-14(12)17)8-9-22(18,19)11-6-4-3-5-7-11/h3-7,10H,8-9H2,1-2H3. The summed E-state index contributed by atoms with van der Waals surface area (Å²) in [5.74, 6) is -0.0640.